The summed E-state index contributed by atoms with van der Waals surface area (Å²) in [5.74, 6) is 0.267. The van der Waals surface area contributed by atoms with Crippen LogP contribution in [-0.4, -0.2) is 66.1 Å². The largest absolute Gasteiger partial charge is 0.449 e. The molecule has 0 unspecified atom stereocenters. The molecule has 2 amide bonds. The normalized spacial score (nSPS) is 15.5. The fourth-order valence-electron chi connectivity index (χ4n) is 2.59. The van der Waals surface area contributed by atoms with Crippen LogP contribution in [0, 0.1) is 12.8 Å². The molecule has 0 aliphatic carbocycles. The van der Waals surface area contributed by atoms with Gasteiger partial charge >= 0.3 is 6.09 Å². The van der Waals surface area contributed by atoms with E-state index in [9.17, 15) is 9.59 Å². The summed E-state index contributed by atoms with van der Waals surface area (Å²) in [6.07, 6.45) is 0.607. The van der Waals surface area contributed by atoms with Crippen molar-refractivity contribution in [1.82, 2.24) is 14.8 Å². The van der Waals surface area contributed by atoms with Gasteiger partial charge in [0.2, 0.25) is 5.91 Å². The Bertz CT molecular complexity index is 595. The van der Waals surface area contributed by atoms with E-state index in [0.29, 0.717) is 50.4 Å². The number of nitrogens with zero attached hydrogens (tertiary/aromatic N) is 3. The van der Waals surface area contributed by atoms with Gasteiger partial charge in [0, 0.05) is 31.1 Å². The molecule has 7 nitrogen and oxygen atoms in total. The SMILES string of the molecule is CCc1nc(NC(=O)CN2CCN(C(=O)OCC(C)C)CC2)sc1C. The van der Waals surface area contributed by atoms with Crippen LogP contribution in [0.25, 0.3) is 0 Å². The Labute approximate surface area is 153 Å². The first-order valence-corrected chi connectivity index (χ1v) is 9.60. The minimum atomic E-state index is -0.261. The number of thiazole rings is 1. The number of carbonyl (C=O) groups is 2. The van der Waals surface area contributed by atoms with Crippen molar-refractivity contribution in [2.24, 2.45) is 5.92 Å². The van der Waals surface area contributed by atoms with Gasteiger partial charge in [-0.15, -0.1) is 11.3 Å². The first-order valence-electron chi connectivity index (χ1n) is 8.79. The number of carbonyl (C=O) groups excluding carboxylic acids is 2. The molecule has 8 heteroatoms. The monoisotopic (exact) mass is 368 g/mol. The molecule has 1 fully saturated rings. The smallest absolute Gasteiger partial charge is 0.409 e. The molecule has 25 heavy (non-hydrogen) atoms. The highest BCUT2D eigenvalue weighted by Gasteiger charge is 2.23. The Hall–Kier alpha value is -1.67. The number of aromatic nitrogens is 1. The molecule has 1 saturated heterocycles. The lowest BCUT2D eigenvalue weighted by Gasteiger charge is -2.33. The van der Waals surface area contributed by atoms with Crippen molar-refractivity contribution in [1.29, 1.82) is 0 Å². The molecule has 1 aliphatic rings. The number of hydrogen-bond acceptors (Lipinski definition) is 6. The fourth-order valence-corrected chi connectivity index (χ4v) is 3.51. The summed E-state index contributed by atoms with van der Waals surface area (Å²) in [6.45, 7) is 11.4. The van der Waals surface area contributed by atoms with Crippen molar-refractivity contribution in [2.45, 2.75) is 34.1 Å². The predicted molar refractivity (Wildman–Crippen MR) is 99.1 cm³/mol. The summed E-state index contributed by atoms with van der Waals surface area (Å²) >= 11 is 1.51. The summed E-state index contributed by atoms with van der Waals surface area (Å²) in [4.78, 5) is 33.4. The lowest BCUT2D eigenvalue weighted by atomic mass is 10.2. The maximum absolute atomic E-state index is 12.2. The third-order valence-corrected chi connectivity index (χ3v) is 4.94. The Balaban J connectivity index is 1.73. The Kier molecular flexibility index (Phi) is 7.19. The Morgan fingerprint density at radius 3 is 2.52 bits per heavy atom. The van der Waals surface area contributed by atoms with E-state index >= 15 is 0 Å². The maximum atomic E-state index is 12.2. The number of piperazine rings is 1. The number of anilines is 1. The van der Waals surface area contributed by atoms with Crippen LogP contribution in [0.2, 0.25) is 0 Å². The fraction of sp³-hybridized carbons (Fsp3) is 0.706. The second-order valence-corrected chi connectivity index (χ2v) is 7.86. The van der Waals surface area contributed by atoms with E-state index in [4.69, 9.17) is 4.74 Å². The number of nitrogens with one attached hydrogen (secondary N) is 1. The molecular weight excluding hydrogens is 340 g/mol. The molecule has 1 N–H and O–H groups in total. The van der Waals surface area contributed by atoms with E-state index in [0.717, 1.165) is 17.0 Å². The zero-order valence-electron chi connectivity index (χ0n) is 15.5. The highest BCUT2D eigenvalue weighted by atomic mass is 32.1. The first kappa shape index (κ1) is 19.7. The van der Waals surface area contributed by atoms with Crippen LogP contribution in [0.5, 0.6) is 0 Å². The highest BCUT2D eigenvalue weighted by molar-refractivity contribution is 7.15. The average molecular weight is 369 g/mol. The standard InChI is InChI=1S/C17H28N4O3S/c1-5-14-13(4)25-16(18-14)19-15(22)10-20-6-8-21(9-7-20)17(23)24-11-12(2)3/h12H,5-11H2,1-4H3,(H,18,19,22). The van der Waals surface area contributed by atoms with Crippen molar-refractivity contribution in [3.8, 4) is 0 Å². The van der Waals surface area contributed by atoms with Crippen LogP contribution >= 0.6 is 11.3 Å². The summed E-state index contributed by atoms with van der Waals surface area (Å²) in [5, 5.41) is 3.54. The minimum Gasteiger partial charge on any atom is -0.449 e. The Morgan fingerprint density at radius 2 is 1.96 bits per heavy atom. The molecule has 140 valence electrons. The van der Waals surface area contributed by atoms with Crippen LogP contribution in [0.3, 0.4) is 0 Å². The van der Waals surface area contributed by atoms with E-state index in [1.54, 1.807) is 4.90 Å². The minimum absolute atomic E-state index is 0.0627. The molecule has 0 saturated carbocycles. The van der Waals surface area contributed by atoms with Gasteiger partial charge in [-0.2, -0.15) is 0 Å². The number of hydrogen-bond donors (Lipinski definition) is 1. The van der Waals surface area contributed by atoms with Gasteiger partial charge in [0.15, 0.2) is 5.13 Å². The van der Waals surface area contributed by atoms with Crippen LogP contribution < -0.4 is 5.32 Å². The van der Waals surface area contributed by atoms with Crippen molar-refractivity contribution < 1.29 is 14.3 Å². The van der Waals surface area contributed by atoms with Gasteiger partial charge in [0.05, 0.1) is 18.8 Å². The summed E-state index contributed by atoms with van der Waals surface area (Å²) in [6, 6.07) is 0. The van der Waals surface area contributed by atoms with Crippen LogP contribution in [0.4, 0.5) is 9.93 Å². The number of ether oxygens (including phenoxy) is 1. The van der Waals surface area contributed by atoms with Crippen molar-refractivity contribution in [3.05, 3.63) is 10.6 Å². The third kappa shape index (κ3) is 5.97. The molecule has 2 heterocycles. The number of aryl methyl sites for hydroxylation is 2. The number of rotatable bonds is 6. The molecule has 1 aromatic heterocycles. The predicted octanol–water partition coefficient (Wildman–Crippen LogP) is 2.36. The molecule has 1 aliphatic heterocycles. The lowest BCUT2D eigenvalue weighted by molar-refractivity contribution is -0.117. The maximum Gasteiger partial charge on any atom is 0.409 e. The molecule has 0 radical (unpaired) electrons. The van der Waals surface area contributed by atoms with E-state index < -0.39 is 0 Å². The van der Waals surface area contributed by atoms with Gasteiger partial charge in [-0.05, 0) is 19.3 Å². The van der Waals surface area contributed by atoms with E-state index in [1.807, 2.05) is 25.7 Å². The molecule has 0 bridgehead atoms. The second kappa shape index (κ2) is 9.15. The van der Waals surface area contributed by atoms with Crippen LogP contribution in [0.15, 0.2) is 0 Å². The van der Waals surface area contributed by atoms with Gasteiger partial charge in [0.25, 0.3) is 0 Å². The van der Waals surface area contributed by atoms with E-state index in [-0.39, 0.29) is 12.0 Å². The molecule has 1 aromatic rings. The van der Waals surface area contributed by atoms with Gasteiger partial charge in [-0.1, -0.05) is 20.8 Å². The Morgan fingerprint density at radius 1 is 1.28 bits per heavy atom. The van der Waals surface area contributed by atoms with E-state index in [2.05, 4.69) is 17.2 Å². The zero-order valence-corrected chi connectivity index (χ0v) is 16.3. The van der Waals surface area contributed by atoms with Gasteiger partial charge in [-0.3, -0.25) is 9.69 Å². The second-order valence-electron chi connectivity index (χ2n) is 6.66. The van der Waals surface area contributed by atoms with Crippen molar-refractivity contribution in [3.63, 3.8) is 0 Å². The van der Waals surface area contributed by atoms with Crippen molar-refractivity contribution in [2.75, 3.05) is 44.6 Å². The molecular formula is C17H28N4O3S. The molecule has 0 atom stereocenters. The van der Waals surface area contributed by atoms with E-state index in [1.165, 1.54) is 11.3 Å². The lowest BCUT2D eigenvalue weighted by Crippen LogP contribution is -2.50. The summed E-state index contributed by atoms with van der Waals surface area (Å²) in [5.41, 5.74) is 1.04. The van der Waals surface area contributed by atoms with Gasteiger partial charge in [0.1, 0.15) is 0 Å². The first-order chi connectivity index (χ1) is 11.9. The summed E-state index contributed by atoms with van der Waals surface area (Å²) in [7, 11) is 0. The molecule has 2 rings (SSSR count). The number of amides is 2. The molecule has 0 aromatic carbocycles. The molecule has 0 spiro atoms. The zero-order chi connectivity index (χ0) is 18.4. The van der Waals surface area contributed by atoms with Gasteiger partial charge < -0.3 is 15.0 Å². The van der Waals surface area contributed by atoms with Crippen LogP contribution in [-0.2, 0) is 16.0 Å². The van der Waals surface area contributed by atoms with Crippen LogP contribution in [0.1, 0.15) is 31.3 Å². The summed E-state index contributed by atoms with van der Waals surface area (Å²) < 4.78 is 5.24. The average Bonchev–Trinajstić information content (AvgIpc) is 2.92. The van der Waals surface area contributed by atoms with Crippen molar-refractivity contribution >= 4 is 28.5 Å². The quantitative estimate of drug-likeness (QED) is 0.834. The topological polar surface area (TPSA) is 74.8 Å². The highest BCUT2D eigenvalue weighted by Crippen LogP contribution is 2.22. The van der Waals surface area contributed by atoms with Gasteiger partial charge in [-0.25, -0.2) is 9.78 Å². The third-order valence-electron chi connectivity index (χ3n) is 4.01.